The molecular weight excluding hydrogens is 218 g/mol. The molecule has 0 aliphatic heterocycles. The highest BCUT2D eigenvalue weighted by molar-refractivity contribution is 4.83. The van der Waals surface area contributed by atoms with Crippen LogP contribution in [0.15, 0.2) is 0 Å². The van der Waals surface area contributed by atoms with Crippen LogP contribution in [0, 0.1) is 5.92 Å². The van der Waals surface area contributed by atoms with Crippen molar-refractivity contribution in [3.63, 3.8) is 0 Å². The Balaban J connectivity index is 2.54. The van der Waals surface area contributed by atoms with E-state index < -0.39 is 0 Å². The van der Waals surface area contributed by atoms with Gasteiger partial charge in [0.05, 0.1) is 13.2 Å². The molecule has 0 saturated carbocycles. The smallest absolute Gasteiger partial charge is 0.165 e. The highest BCUT2D eigenvalue weighted by atomic mass is 16.5. The van der Waals surface area contributed by atoms with Gasteiger partial charge in [0.25, 0.3) is 0 Å². The third-order valence-corrected chi connectivity index (χ3v) is 2.32. The maximum Gasteiger partial charge on any atom is 0.165 e. The van der Waals surface area contributed by atoms with Crippen LogP contribution in [0.5, 0.6) is 0 Å². The van der Waals surface area contributed by atoms with Crippen LogP contribution in [0.4, 0.5) is 0 Å². The molecule has 0 spiro atoms. The number of aromatic nitrogens is 4. The van der Waals surface area contributed by atoms with Gasteiger partial charge < -0.3 is 10.1 Å². The zero-order chi connectivity index (χ0) is 12.9. The van der Waals surface area contributed by atoms with Crippen molar-refractivity contribution in [3.8, 4) is 0 Å². The van der Waals surface area contributed by atoms with E-state index in [2.05, 4.69) is 48.5 Å². The molecule has 17 heavy (non-hydrogen) atoms. The summed E-state index contributed by atoms with van der Waals surface area (Å²) in [6, 6.07) is 0. The molecule has 1 atom stereocenters. The molecule has 1 unspecified atom stereocenters. The zero-order valence-corrected chi connectivity index (χ0v) is 11.4. The van der Waals surface area contributed by atoms with Gasteiger partial charge in [-0.3, -0.25) is 0 Å². The van der Waals surface area contributed by atoms with Crippen LogP contribution in [0.3, 0.4) is 0 Å². The summed E-state index contributed by atoms with van der Waals surface area (Å²) in [4.78, 5) is 0. The largest absolute Gasteiger partial charge is 0.384 e. The summed E-state index contributed by atoms with van der Waals surface area (Å²) in [5, 5.41) is 15.1. The van der Waals surface area contributed by atoms with Crippen molar-refractivity contribution in [2.24, 2.45) is 5.92 Å². The molecule has 0 aliphatic rings. The molecule has 0 fully saturated rings. The first-order chi connectivity index (χ1) is 7.92. The topological polar surface area (TPSA) is 64.9 Å². The van der Waals surface area contributed by atoms with Crippen molar-refractivity contribution < 1.29 is 4.74 Å². The predicted molar refractivity (Wildman–Crippen MR) is 65.4 cm³/mol. The Hall–Kier alpha value is -1.01. The zero-order valence-electron chi connectivity index (χ0n) is 11.4. The number of nitrogens with zero attached hydrogens (tertiary/aromatic N) is 4. The third kappa shape index (κ3) is 5.23. The van der Waals surface area contributed by atoms with E-state index in [1.807, 2.05) is 4.68 Å². The molecule has 1 rings (SSSR count). The molecule has 1 aromatic rings. The first-order valence-electron chi connectivity index (χ1n) is 5.91. The molecular formula is C11H23N5O. The van der Waals surface area contributed by atoms with Crippen LogP contribution in [-0.2, 0) is 17.8 Å². The monoisotopic (exact) mass is 241 g/mol. The van der Waals surface area contributed by atoms with Gasteiger partial charge in [0, 0.05) is 19.2 Å². The molecule has 0 aromatic carbocycles. The van der Waals surface area contributed by atoms with Crippen molar-refractivity contribution in [2.75, 3.05) is 13.7 Å². The minimum atomic E-state index is 0.0644. The lowest BCUT2D eigenvalue weighted by atomic mass is 10.1. The number of rotatable bonds is 6. The van der Waals surface area contributed by atoms with E-state index in [9.17, 15) is 0 Å². The third-order valence-electron chi connectivity index (χ3n) is 2.32. The Bertz CT molecular complexity index is 331. The second-order valence-corrected chi connectivity index (χ2v) is 5.44. The molecule has 6 nitrogen and oxygen atoms in total. The van der Waals surface area contributed by atoms with Crippen LogP contribution in [0.2, 0.25) is 0 Å². The van der Waals surface area contributed by atoms with Crippen LogP contribution in [0.25, 0.3) is 0 Å². The summed E-state index contributed by atoms with van der Waals surface area (Å²) in [5.74, 6) is 1.26. The maximum atomic E-state index is 5.11. The van der Waals surface area contributed by atoms with Gasteiger partial charge in [0.2, 0.25) is 0 Å². The lowest BCUT2D eigenvalue weighted by Gasteiger charge is -2.20. The molecule has 6 heteroatoms. The van der Waals surface area contributed by atoms with Gasteiger partial charge in [-0.05, 0) is 37.1 Å². The van der Waals surface area contributed by atoms with E-state index in [0.717, 1.165) is 12.4 Å². The van der Waals surface area contributed by atoms with E-state index in [1.165, 1.54) is 0 Å². The number of nitrogens with one attached hydrogen (secondary N) is 1. The predicted octanol–water partition coefficient (Wildman–Crippen LogP) is 0.844. The summed E-state index contributed by atoms with van der Waals surface area (Å²) >= 11 is 0. The van der Waals surface area contributed by atoms with Crippen LogP contribution < -0.4 is 5.32 Å². The lowest BCUT2D eigenvalue weighted by Crippen LogP contribution is -2.36. The fraction of sp³-hybridized carbons (Fsp3) is 0.909. The van der Waals surface area contributed by atoms with E-state index in [0.29, 0.717) is 19.1 Å². The first-order valence-corrected chi connectivity index (χ1v) is 5.91. The van der Waals surface area contributed by atoms with Crippen LogP contribution in [0.1, 0.15) is 33.5 Å². The van der Waals surface area contributed by atoms with Crippen molar-refractivity contribution in [1.82, 2.24) is 25.5 Å². The molecule has 1 aromatic heterocycles. The van der Waals surface area contributed by atoms with Crippen molar-refractivity contribution >= 4 is 0 Å². The summed E-state index contributed by atoms with van der Waals surface area (Å²) in [5.41, 5.74) is 0.0644. The number of methoxy groups -OCH3 is 1. The average molecular weight is 241 g/mol. The summed E-state index contributed by atoms with van der Waals surface area (Å²) in [6.07, 6.45) is 0. The Morgan fingerprint density at radius 1 is 1.41 bits per heavy atom. The highest BCUT2D eigenvalue weighted by Gasteiger charge is 2.13. The van der Waals surface area contributed by atoms with Crippen LogP contribution in [-0.4, -0.2) is 39.5 Å². The first kappa shape index (κ1) is 14.1. The Kier molecular flexibility index (Phi) is 5.02. The molecule has 0 amide bonds. The van der Waals surface area contributed by atoms with Crippen molar-refractivity contribution in [2.45, 2.75) is 46.3 Å². The highest BCUT2D eigenvalue weighted by Crippen LogP contribution is 2.04. The quantitative estimate of drug-likeness (QED) is 0.799. The van der Waals surface area contributed by atoms with Gasteiger partial charge in [-0.2, -0.15) is 0 Å². The molecule has 0 radical (unpaired) electrons. The van der Waals surface area contributed by atoms with Gasteiger partial charge in [-0.15, -0.1) is 5.10 Å². The van der Waals surface area contributed by atoms with Crippen LogP contribution >= 0.6 is 0 Å². The van der Waals surface area contributed by atoms with Gasteiger partial charge >= 0.3 is 0 Å². The molecule has 0 bridgehead atoms. The fourth-order valence-electron chi connectivity index (χ4n) is 1.47. The maximum absolute atomic E-state index is 5.11. The number of tetrazole rings is 1. The molecule has 0 aliphatic carbocycles. The Morgan fingerprint density at radius 2 is 2.12 bits per heavy atom. The summed E-state index contributed by atoms with van der Waals surface area (Å²) in [7, 11) is 1.71. The summed E-state index contributed by atoms with van der Waals surface area (Å²) in [6.45, 7) is 10.6. The van der Waals surface area contributed by atoms with E-state index >= 15 is 0 Å². The van der Waals surface area contributed by atoms with Gasteiger partial charge in [-0.1, -0.05) is 6.92 Å². The SMILES string of the molecule is COCC(C)Cn1nnnc1CNC(C)(C)C. The molecule has 0 saturated heterocycles. The Morgan fingerprint density at radius 3 is 2.71 bits per heavy atom. The van der Waals surface area contributed by atoms with E-state index in [1.54, 1.807) is 7.11 Å². The minimum absolute atomic E-state index is 0.0644. The second kappa shape index (κ2) is 6.07. The fourth-order valence-corrected chi connectivity index (χ4v) is 1.47. The van der Waals surface area contributed by atoms with Gasteiger partial charge in [-0.25, -0.2) is 4.68 Å². The number of hydrogen-bond donors (Lipinski definition) is 1. The average Bonchev–Trinajstić information content (AvgIpc) is 2.61. The van der Waals surface area contributed by atoms with Gasteiger partial charge in [0.15, 0.2) is 5.82 Å². The lowest BCUT2D eigenvalue weighted by molar-refractivity contribution is 0.148. The normalized spacial score (nSPS) is 13.9. The molecule has 1 heterocycles. The van der Waals surface area contributed by atoms with E-state index in [4.69, 9.17) is 4.74 Å². The number of ether oxygens (including phenoxy) is 1. The van der Waals surface area contributed by atoms with E-state index in [-0.39, 0.29) is 5.54 Å². The van der Waals surface area contributed by atoms with Gasteiger partial charge in [0.1, 0.15) is 0 Å². The molecule has 1 N–H and O–H groups in total. The standard InChI is InChI=1S/C11H23N5O/c1-9(8-17-5)7-16-10(13-14-15-16)6-12-11(2,3)4/h9,12H,6-8H2,1-5H3. The minimum Gasteiger partial charge on any atom is -0.384 e. The van der Waals surface area contributed by atoms with Crippen molar-refractivity contribution in [3.05, 3.63) is 5.82 Å². The number of hydrogen-bond acceptors (Lipinski definition) is 5. The molecule has 98 valence electrons. The van der Waals surface area contributed by atoms with Crippen molar-refractivity contribution in [1.29, 1.82) is 0 Å². The summed E-state index contributed by atoms with van der Waals surface area (Å²) < 4.78 is 6.94. The second-order valence-electron chi connectivity index (χ2n) is 5.44. The Labute approximate surface area is 103 Å².